The maximum atomic E-state index is 12.3. The first kappa shape index (κ1) is 31.4. The Morgan fingerprint density at radius 2 is 1.76 bits per heavy atom. The van der Waals surface area contributed by atoms with E-state index in [9.17, 15) is 4.79 Å². The number of ether oxygens (including phenoxy) is 2. The molecule has 42 heavy (non-hydrogen) atoms. The number of benzene rings is 1. The zero-order valence-corrected chi connectivity index (χ0v) is 27.1. The van der Waals surface area contributed by atoms with Crippen molar-refractivity contribution in [2.45, 2.75) is 118 Å². The molecule has 1 unspecified atom stereocenters. The highest BCUT2D eigenvalue weighted by Gasteiger charge is 2.59. The maximum Gasteiger partial charge on any atom is 0.338 e. The van der Waals surface area contributed by atoms with E-state index < -0.39 is 0 Å². The molecule has 0 amide bonds. The van der Waals surface area contributed by atoms with Gasteiger partial charge in [0, 0.05) is 12.0 Å². The third-order valence-electron chi connectivity index (χ3n) is 12.4. The summed E-state index contributed by atoms with van der Waals surface area (Å²) in [6, 6.07) is 6.99. The monoisotopic (exact) mass is 572 g/mol. The van der Waals surface area contributed by atoms with Gasteiger partial charge in [-0.3, -0.25) is 0 Å². The van der Waals surface area contributed by atoms with Crippen molar-refractivity contribution in [3.63, 3.8) is 0 Å². The minimum Gasteiger partial charge on any atom is -0.462 e. The Balaban J connectivity index is 1.10. The maximum absolute atomic E-state index is 12.3. The fourth-order valence-electron chi connectivity index (χ4n) is 10.1. The van der Waals surface area contributed by atoms with Crippen molar-refractivity contribution < 1.29 is 14.3 Å². The predicted octanol–water partition coefficient (Wildman–Crippen LogP) is 9.64. The quantitative estimate of drug-likeness (QED) is 0.115. The first-order valence-electron chi connectivity index (χ1n) is 17.2. The molecule has 8 atom stereocenters. The van der Waals surface area contributed by atoms with Crippen LogP contribution in [0.3, 0.4) is 0 Å². The first-order valence-corrected chi connectivity index (χ1v) is 17.2. The van der Waals surface area contributed by atoms with E-state index in [0.717, 1.165) is 60.3 Å². The van der Waals surface area contributed by atoms with Crippen LogP contribution in [-0.4, -0.2) is 25.3 Å². The van der Waals surface area contributed by atoms with Crippen LogP contribution in [0.4, 0.5) is 0 Å². The summed E-state index contributed by atoms with van der Waals surface area (Å²) < 4.78 is 11.8. The molecule has 0 radical (unpaired) electrons. The zero-order chi connectivity index (χ0) is 29.9. The van der Waals surface area contributed by atoms with Gasteiger partial charge in [-0.05, 0) is 122 Å². The van der Waals surface area contributed by atoms with E-state index in [1.165, 1.54) is 57.8 Å². The second-order valence-corrected chi connectivity index (χ2v) is 15.2. The van der Waals surface area contributed by atoms with Crippen LogP contribution in [0.25, 0.3) is 0 Å². The van der Waals surface area contributed by atoms with Crippen LogP contribution >= 0.6 is 0 Å². The Morgan fingerprint density at radius 1 is 0.976 bits per heavy atom. The van der Waals surface area contributed by atoms with Gasteiger partial charge < -0.3 is 9.47 Å². The minimum absolute atomic E-state index is 0.296. The number of hydrogen-bond acceptors (Lipinski definition) is 3. The van der Waals surface area contributed by atoms with Gasteiger partial charge in [-0.2, -0.15) is 0 Å². The van der Waals surface area contributed by atoms with E-state index in [1.807, 2.05) is 0 Å². The summed E-state index contributed by atoms with van der Waals surface area (Å²) in [5, 5.41) is 0. The number of esters is 1. The molecule has 4 aliphatic carbocycles. The van der Waals surface area contributed by atoms with E-state index in [1.54, 1.807) is 29.8 Å². The van der Waals surface area contributed by atoms with Crippen LogP contribution in [0.15, 0.2) is 35.9 Å². The van der Waals surface area contributed by atoms with Crippen molar-refractivity contribution in [1.82, 2.24) is 0 Å². The number of rotatable bonds is 11. The molecule has 3 nitrogen and oxygen atoms in total. The lowest BCUT2D eigenvalue weighted by Gasteiger charge is -2.58. The van der Waals surface area contributed by atoms with Gasteiger partial charge in [0.25, 0.3) is 0 Å². The van der Waals surface area contributed by atoms with Gasteiger partial charge in [-0.1, -0.05) is 71.5 Å². The number of carbonyl (C=O) groups excluding carboxylic acids is 1. The van der Waals surface area contributed by atoms with Crippen LogP contribution in [0.1, 0.15) is 128 Å². The Hall–Kier alpha value is -2.05. The summed E-state index contributed by atoms with van der Waals surface area (Å²) >= 11 is 0. The van der Waals surface area contributed by atoms with Crippen molar-refractivity contribution in [1.29, 1.82) is 0 Å². The molecule has 0 aromatic heterocycles. The Kier molecular flexibility index (Phi) is 9.93. The molecule has 3 fully saturated rings. The molecule has 0 aliphatic heterocycles. The molecule has 3 saturated carbocycles. The highest BCUT2D eigenvalue weighted by Crippen LogP contribution is 2.67. The number of allylic oxidation sites excluding steroid dienone is 1. The average molecular weight is 573 g/mol. The van der Waals surface area contributed by atoms with Crippen LogP contribution in [0.2, 0.25) is 0 Å². The molecular formula is C39H56O3. The van der Waals surface area contributed by atoms with Gasteiger partial charge in [-0.15, -0.1) is 6.42 Å². The molecule has 0 N–H and O–H groups in total. The SMILES string of the molecule is C#Cc1ccc(C(=O)OCCCOC2CC[C@@]3(C)C(=CC[C@H]4[C@@H]5CC[C@H]([C@H](C)CCCC(C)C)[C@@]5(C)CC[C@@H]43)C2)cc1. The largest absolute Gasteiger partial charge is 0.462 e. The number of terminal acetylenes is 1. The minimum atomic E-state index is -0.299. The zero-order valence-electron chi connectivity index (χ0n) is 27.1. The predicted molar refractivity (Wildman–Crippen MR) is 172 cm³/mol. The number of carbonyl (C=O) groups is 1. The second-order valence-electron chi connectivity index (χ2n) is 15.2. The van der Waals surface area contributed by atoms with E-state index in [2.05, 4.69) is 46.6 Å². The van der Waals surface area contributed by atoms with Crippen LogP contribution in [0.5, 0.6) is 0 Å². The average Bonchev–Trinajstić information content (AvgIpc) is 3.34. The molecule has 0 heterocycles. The first-order chi connectivity index (χ1) is 20.2. The highest BCUT2D eigenvalue weighted by atomic mass is 16.5. The third kappa shape index (κ3) is 6.40. The second kappa shape index (κ2) is 13.3. The Bertz CT molecular complexity index is 1140. The standard InChI is InChI=1S/C39H56O3/c1-7-29-12-14-30(15-13-29)37(40)42-25-9-24-41-32-20-22-38(5)31(26-32)16-17-33-35-19-18-34(28(4)11-8-10-27(2)3)39(35,6)23-21-36(33)38/h1,12-16,27-28,32-36H,8-11,17-26H2,2-6H3/t28-,32?,33+,34-,35+,36+,38+,39-/m1/s1. The molecule has 1 aromatic rings. The topological polar surface area (TPSA) is 35.5 Å². The molecule has 5 rings (SSSR count). The number of fused-ring (bicyclic) bond motifs is 5. The van der Waals surface area contributed by atoms with E-state index >= 15 is 0 Å². The Labute approximate surface area is 256 Å². The van der Waals surface area contributed by atoms with E-state index in [0.29, 0.717) is 35.7 Å². The summed E-state index contributed by atoms with van der Waals surface area (Å²) in [6.07, 6.45) is 23.8. The summed E-state index contributed by atoms with van der Waals surface area (Å²) in [6.45, 7) is 13.6. The highest BCUT2D eigenvalue weighted by molar-refractivity contribution is 5.89. The molecule has 0 saturated heterocycles. The molecule has 3 heteroatoms. The van der Waals surface area contributed by atoms with Crippen molar-refractivity contribution in [3.05, 3.63) is 47.0 Å². The fourth-order valence-corrected chi connectivity index (χ4v) is 10.1. The summed E-state index contributed by atoms with van der Waals surface area (Å²) in [5.41, 5.74) is 3.89. The van der Waals surface area contributed by atoms with Crippen molar-refractivity contribution in [3.8, 4) is 12.3 Å². The molecule has 230 valence electrons. The molecule has 4 aliphatic rings. The lowest BCUT2D eigenvalue weighted by molar-refractivity contribution is -0.0646. The molecule has 0 bridgehead atoms. The molecule has 1 aromatic carbocycles. The number of hydrogen-bond donors (Lipinski definition) is 0. The van der Waals surface area contributed by atoms with Crippen LogP contribution in [0, 0.1) is 58.7 Å². The van der Waals surface area contributed by atoms with E-state index in [-0.39, 0.29) is 5.97 Å². The van der Waals surface area contributed by atoms with Gasteiger partial charge in [0.1, 0.15) is 0 Å². The van der Waals surface area contributed by atoms with Gasteiger partial charge in [0.2, 0.25) is 0 Å². The van der Waals surface area contributed by atoms with E-state index in [4.69, 9.17) is 15.9 Å². The lowest BCUT2D eigenvalue weighted by Crippen LogP contribution is -2.51. The van der Waals surface area contributed by atoms with Gasteiger partial charge in [0.15, 0.2) is 0 Å². The van der Waals surface area contributed by atoms with Crippen LogP contribution < -0.4 is 0 Å². The molecular weight excluding hydrogens is 516 g/mol. The van der Waals surface area contributed by atoms with Crippen molar-refractivity contribution in [2.75, 3.05) is 13.2 Å². The Morgan fingerprint density at radius 3 is 2.50 bits per heavy atom. The van der Waals surface area contributed by atoms with Gasteiger partial charge in [0.05, 0.1) is 24.9 Å². The van der Waals surface area contributed by atoms with Gasteiger partial charge >= 0.3 is 5.97 Å². The van der Waals surface area contributed by atoms with Gasteiger partial charge in [-0.25, -0.2) is 4.79 Å². The van der Waals surface area contributed by atoms with Crippen molar-refractivity contribution in [2.24, 2.45) is 46.3 Å². The summed E-state index contributed by atoms with van der Waals surface area (Å²) in [5.74, 6) is 7.53. The third-order valence-corrected chi connectivity index (χ3v) is 12.4. The lowest BCUT2D eigenvalue weighted by atomic mass is 9.47. The summed E-state index contributed by atoms with van der Waals surface area (Å²) in [4.78, 5) is 12.3. The van der Waals surface area contributed by atoms with Crippen molar-refractivity contribution >= 4 is 5.97 Å². The normalized spacial score (nSPS) is 34.5. The summed E-state index contributed by atoms with van der Waals surface area (Å²) in [7, 11) is 0. The molecule has 0 spiro atoms. The fraction of sp³-hybridized carbons (Fsp3) is 0.718. The van der Waals surface area contributed by atoms with Crippen LogP contribution in [-0.2, 0) is 9.47 Å². The smallest absolute Gasteiger partial charge is 0.338 e.